The molecule has 0 aliphatic carbocycles. The van der Waals surface area contributed by atoms with Gasteiger partial charge in [0.2, 0.25) is 5.91 Å². The summed E-state index contributed by atoms with van der Waals surface area (Å²) < 4.78 is 7.17. The molecule has 0 fully saturated rings. The highest BCUT2D eigenvalue weighted by Crippen LogP contribution is 2.23. The van der Waals surface area contributed by atoms with Crippen LogP contribution in [0.3, 0.4) is 0 Å². The predicted octanol–water partition coefficient (Wildman–Crippen LogP) is 4.55. The molecule has 5 nitrogen and oxygen atoms in total. The first-order valence-corrected chi connectivity index (χ1v) is 8.26. The fourth-order valence-electron chi connectivity index (χ4n) is 2.78. The van der Waals surface area contributed by atoms with Crippen molar-refractivity contribution in [2.75, 3.05) is 5.32 Å². The number of aromatic nitrogens is 2. The summed E-state index contributed by atoms with van der Waals surface area (Å²) in [6, 6.07) is 15.2. The second-order valence-corrected chi connectivity index (χ2v) is 5.97. The van der Waals surface area contributed by atoms with Crippen molar-refractivity contribution in [3.05, 3.63) is 84.6 Å². The van der Waals surface area contributed by atoms with Crippen LogP contribution in [0.1, 0.15) is 11.3 Å². The minimum atomic E-state index is -0.218. The van der Waals surface area contributed by atoms with E-state index in [1.54, 1.807) is 24.5 Å². The molecule has 4 rings (SSSR count). The highest BCUT2D eigenvalue weighted by molar-refractivity contribution is 6.02. The third-order valence-electron chi connectivity index (χ3n) is 4.05. The molecule has 3 heterocycles. The van der Waals surface area contributed by atoms with E-state index in [0.29, 0.717) is 11.4 Å². The smallest absolute Gasteiger partial charge is 0.248 e. The topological polar surface area (TPSA) is 59.5 Å². The summed E-state index contributed by atoms with van der Waals surface area (Å²) in [6.07, 6.45) is 8.60. The fourth-order valence-corrected chi connectivity index (χ4v) is 2.78. The molecule has 0 radical (unpaired) electrons. The van der Waals surface area contributed by atoms with E-state index in [9.17, 15) is 4.79 Å². The van der Waals surface area contributed by atoms with Crippen LogP contribution in [-0.2, 0) is 4.79 Å². The number of rotatable bonds is 4. The summed E-state index contributed by atoms with van der Waals surface area (Å²) >= 11 is 0. The van der Waals surface area contributed by atoms with Gasteiger partial charge in [-0.3, -0.25) is 4.79 Å². The van der Waals surface area contributed by atoms with Crippen LogP contribution in [0.4, 0.5) is 5.69 Å². The zero-order valence-electron chi connectivity index (χ0n) is 14.2. The lowest BCUT2D eigenvalue weighted by Crippen LogP contribution is -2.07. The minimum absolute atomic E-state index is 0.218. The number of nitrogens with zero attached hydrogens (tertiary/aromatic N) is 2. The van der Waals surface area contributed by atoms with E-state index in [0.717, 1.165) is 22.5 Å². The van der Waals surface area contributed by atoms with Gasteiger partial charge in [-0.25, -0.2) is 4.98 Å². The summed E-state index contributed by atoms with van der Waals surface area (Å²) in [7, 11) is 0. The highest BCUT2D eigenvalue weighted by Gasteiger charge is 2.07. The van der Waals surface area contributed by atoms with Crippen LogP contribution in [-0.4, -0.2) is 15.3 Å². The molecule has 0 aliphatic rings. The number of pyridine rings is 1. The Balaban J connectivity index is 1.56. The second kappa shape index (κ2) is 6.72. The van der Waals surface area contributed by atoms with E-state index < -0.39 is 0 Å². The van der Waals surface area contributed by atoms with Crippen molar-refractivity contribution in [3.63, 3.8) is 0 Å². The van der Waals surface area contributed by atoms with Crippen molar-refractivity contribution in [1.82, 2.24) is 9.38 Å². The van der Waals surface area contributed by atoms with Gasteiger partial charge in [-0.15, -0.1) is 0 Å². The number of fused-ring (bicyclic) bond motifs is 1. The summed E-state index contributed by atoms with van der Waals surface area (Å²) in [6.45, 7) is 2.04. The van der Waals surface area contributed by atoms with Crippen molar-refractivity contribution in [2.24, 2.45) is 0 Å². The number of aryl methyl sites for hydroxylation is 1. The molecule has 5 heteroatoms. The normalized spacial score (nSPS) is 11.3. The number of benzene rings is 1. The maximum absolute atomic E-state index is 12.1. The molecule has 128 valence electrons. The van der Waals surface area contributed by atoms with Gasteiger partial charge in [0.1, 0.15) is 11.4 Å². The molecule has 4 aromatic rings. The molecule has 0 spiro atoms. The Morgan fingerprint density at radius 3 is 2.92 bits per heavy atom. The Morgan fingerprint density at radius 2 is 2.12 bits per heavy atom. The first-order valence-electron chi connectivity index (χ1n) is 8.26. The van der Waals surface area contributed by atoms with Crippen LogP contribution in [0, 0.1) is 6.92 Å². The SMILES string of the molecule is Cc1cccn2cc(-c3cccc(NC(=O)/C=C/c4ccco4)c3)nc12. The Morgan fingerprint density at radius 1 is 1.19 bits per heavy atom. The van der Waals surface area contributed by atoms with Crippen molar-refractivity contribution in [2.45, 2.75) is 6.92 Å². The standard InChI is InChI=1S/C21H17N3O2/c1-15-5-3-11-24-14-19(23-21(15)24)16-6-2-7-17(13-16)22-20(25)10-9-18-8-4-12-26-18/h2-14H,1H3,(H,22,25)/b10-9+. The van der Waals surface area contributed by atoms with Gasteiger partial charge in [-0.2, -0.15) is 0 Å². The molecule has 0 aliphatic heterocycles. The number of furan rings is 1. The molecule has 0 saturated heterocycles. The van der Waals surface area contributed by atoms with Gasteiger partial charge < -0.3 is 14.1 Å². The van der Waals surface area contributed by atoms with E-state index in [-0.39, 0.29) is 5.91 Å². The fraction of sp³-hybridized carbons (Fsp3) is 0.0476. The summed E-state index contributed by atoms with van der Waals surface area (Å²) in [5.74, 6) is 0.415. The molecular weight excluding hydrogens is 326 g/mol. The zero-order valence-corrected chi connectivity index (χ0v) is 14.2. The highest BCUT2D eigenvalue weighted by atomic mass is 16.3. The number of imidazole rings is 1. The number of amides is 1. The average Bonchev–Trinajstić information content (AvgIpc) is 3.30. The molecule has 1 N–H and O–H groups in total. The lowest BCUT2D eigenvalue weighted by Gasteiger charge is -2.04. The van der Waals surface area contributed by atoms with Gasteiger partial charge in [0, 0.05) is 29.7 Å². The largest absolute Gasteiger partial charge is 0.465 e. The molecule has 0 unspecified atom stereocenters. The maximum atomic E-state index is 12.1. The summed E-state index contributed by atoms with van der Waals surface area (Å²) in [4.78, 5) is 16.8. The van der Waals surface area contributed by atoms with E-state index in [1.165, 1.54) is 6.08 Å². The number of hydrogen-bond acceptors (Lipinski definition) is 3. The van der Waals surface area contributed by atoms with Crippen LogP contribution >= 0.6 is 0 Å². The van der Waals surface area contributed by atoms with Crippen molar-refractivity contribution < 1.29 is 9.21 Å². The minimum Gasteiger partial charge on any atom is -0.465 e. The molecular formula is C21H17N3O2. The molecule has 3 aromatic heterocycles. The molecule has 0 saturated carbocycles. The van der Waals surface area contributed by atoms with Gasteiger partial charge in [0.05, 0.1) is 12.0 Å². The number of anilines is 1. The Labute approximate surface area is 150 Å². The first-order chi connectivity index (χ1) is 12.7. The second-order valence-electron chi connectivity index (χ2n) is 5.97. The number of nitrogens with one attached hydrogen (secondary N) is 1. The average molecular weight is 343 g/mol. The molecule has 1 amide bonds. The van der Waals surface area contributed by atoms with E-state index >= 15 is 0 Å². The van der Waals surface area contributed by atoms with Crippen molar-refractivity contribution >= 4 is 23.3 Å². The third-order valence-corrected chi connectivity index (χ3v) is 4.05. The third kappa shape index (κ3) is 3.28. The van der Waals surface area contributed by atoms with Crippen molar-refractivity contribution in [3.8, 4) is 11.3 Å². The lowest BCUT2D eigenvalue weighted by molar-refractivity contribution is -0.111. The number of carbonyl (C=O) groups is 1. The molecule has 0 bridgehead atoms. The van der Waals surface area contributed by atoms with Gasteiger partial charge in [-0.05, 0) is 48.9 Å². The van der Waals surface area contributed by atoms with Gasteiger partial charge in [0.15, 0.2) is 0 Å². The van der Waals surface area contributed by atoms with Crippen LogP contribution < -0.4 is 5.32 Å². The quantitative estimate of drug-likeness (QED) is 0.553. The monoisotopic (exact) mass is 343 g/mol. The maximum Gasteiger partial charge on any atom is 0.248 e. The Kier molecular flexibility index (Phi) is 4.11. The number of hydrogen-bond donors (Lipinski definition) is 1. The lowest BCUT2D eigenvalue weighted by atomic mass is 10.1. The Bertz CT molecular complexity index is 1090. The Hall–Kier alpha value is -3.60. The van der Waals surface area contributed by atoms with E-state index in [1.807, 2.05) is 60.1 Å². The first kappa shape index (κ1) is 15.9. The van der Waals surface area contributed by atoms with Gasteiger partial charge in [0.25, 0.3) is 0 Å². The van der Waals surface area contributed by atoms with Gasteiger partial charge >= 0.3 is 0 Å². The molecule has 26 heavy (non-hydrogen) atoms. The summed E-state index contributed by atoms with van der Waals surface area (Å²) in [5, 5.41) is 2.86. The van der Waals surface area contributed by atoms with Crippen LogP contribution in [0.15, 0.2) is 77.7 Å². The summed E-state index contributed by atoms with van der Waals surface area (Å²) in [5.41, 5.74) is 4.57. The van der Waals surface area contributed by atoms with E-state index in [4.69, 9.17) is 9.40 Å². The van der Waals surface area contributed by atoms with Gasteiger partial charge in [-0.1, -0.05) is 18.2 Å². The molecule has 0 atom stereocenters. The van der Waals surface area contributed by atoms with Crippen LogP contribution in [0.5, 0.6) is 0 Å². The molecule has 1 aromatic carbocycles. The van der Waals surface area contributed by atoms with Crippen LogP contribution in [0.25, 0.3) is 23.0 Å². The predicted molar refractivity (Wildman–Crippen MR) is 102 cm³/mol. The van der Waals surface area contributed by atoms with Crippen molar-refractivity contribution in [1.29, 1.82) is 0 Å². The number of carbonyl (C=O) groups excluding carboxylic acids is 1. The van der Waals surface area contributed by atoms with E-state index in [2.05, 4.69) is 5.32 Å². The zero-order chi connectivity index (χ0) is 17.9. The van der Waals surface area contributed by atoms with Crippen LogP contribution in [0.2, 0.25) is 0 Å².